The number of para-hydroxylation sites is 1. The van der Waals surface area contributed by atoms with E-state index in [1.807, 2.05) is 30.3 Å². The lowest BCUT2D eigenvalue weighted by atomic mass is 10.0. The summed E-state index contributed by atoms with van der Waals surface area (Å²) in [6.45, 7) is 1.73. The minimum Gasteiger partial charge on any atom is -0.366 e. The molecule has 164 valence electrons. The van der Waals surface area contributed by atoms with E-state index < -0.39 is 0 Å². The van der Waals surface area contributed by atoms with Gasteiger partial charge in [-0.25, -0.2) is 5.10 Å². The molecule has 0 unspecified atom stereocenters. The third-order valence-corrected chi connectivity index (χ3v) is 6.71. The predicted octanol–water partition coefficient (Wildman–Crippen LogP) is 3.85. The van der Waals surface area contributed by atoms with Crippen molar-refractivity contribution in [2.45, 2.75) is 31.3 Å². The standard InChI is InChI=1S/C26H24N6O/c33-25(27-26(14-15-26)21-11-9-20(10-12-21)24-28-30-31-29-24)22-8-4-7-19-13-16-32(23(19)22)17-18-5-2-1-3-6-18/h1-12H,13-17H2,(H,27,33)(H,28,29,30,31). The van der Waals surface area contributed by atoms with Crippen molar-refractivity contribution in [2.75, 3.05) is 11.4 Å². The molecule has 1 aliphatic carbocycles. The van der Waals surface area contributed by atoms with Gasteiger partial charge in [-0.3, -0.25) is 4.79 Å². The number of benzene rings is 3. The Kier molecular flexibility index (Phi) is 4.68. The first-order chi connectivity index (χ1) is 16.2. The lowest BCUT2D eigenvalue weighted by Gasteiger charge is -2.24. The highest BCUT2D eigenvalue weighted by atomic mass is 16.1. The van der Waals surface area contributed by atoms with Crippen LogP contribution >= 0.6 is 0 Å². The van der Waals surface area contributed by atoms with E-state index in [-0.39, 0.29) is 11.4 Å². The number of carbonyl (C=O) groups excluding carboxylic acids is 1. The van der Waals surface area contributed by atoms with Gasteiger partial charge in [-0.1, -0.05) is 66.7 Å². The zero-order valence-electron chi connectivity index (χ0n) is 18.2. The normalized spacial score (nSPS) is 15.8. The molecule has 1 aromatic heterocycles. The second-order valence-electron chi connectivity index (χ2n) is 8.83. The van der Waals surface area contributed by atoms with Gasteiger partial charge in [0, 0.05) is 18.7 Å². The summed E-state index contributed by atoms with van der Waals surface area (Å²) < 4.78 is 0. The zero-order chi connectivity index (χ0) is 22.3. The van der Waals surface area contributed by atoms with Crippen LogP contribution in [0, 0.1) is 0 Å². The van der Waals surface area contributed by atoms with Crippen molar-refractivity contribution in [3.8, 4) is 11.4 Å². The lowest BCUT2D eigenvalue weighted by Crippen LogP contribution is -2.35. The van der Waals surface area contributed by atoms with E-state index in [4.69, 9.17) is 0 Å². The SMILES string of the molecule is O=C(NC1(c2ccc(-c3nnn[nH]3)cc2)CC1)c1cccc2c1N(Cc1ccccc1)CC2. The van der Waals surface area contributed by atoms with Crippen LogP contribution in [0.2, 0.25) is 0 Å². The monoisotopic (exact) mass is 436 g/mol. The van der Waals surface area contributed by atoms with E-state index in [9.17, 15) is 4.79 Å². The largest absolute Gasteiger partial charge is 0.366 e. The number of nitrogens with one attached hydrogen (secondary N) is 2. The van der Waals surface area contributed by atoms with E-state index in [0.29, 0.717) is 5.82 Å². The van der Waals surface area contributed by atoms with E-state index in [2.05, 4.69) is 73.3 Å². The Bertz CT molecular complexity index is 1280. The number of aromatic nitrogens is 4. The highest BCUT2D eigenvalue weighted by molar-refractivity contribution is 6.01. The molecule has 7 heteroatoms. The number of aromatic amines is 1. The van der Waals surface area contributed by atoms with Gasteiger partial charge in [0.2, 0.25) is 0 Å². The molecule has 0 bridgehead atoms. The number of carbonyl (C=O) groups is 1. The van der Waals surface area contributed by atoms with Crippen molar-refractivity contribution in [1.82, 2.24) is 25.9 Å². The molecule has 0 atom stereocenters. The van der Waals surface area contributed by atoms with E-state index in [1.165, 1.54) is 11.1 Å². The topological polar surface area (TPSA) is 86.8 Å². The highest BCUT2D eigenvalue weighted by Gasteiger charge is 2.46. The molecule has 2 aliphatic rings. The minimum absolute atomic E-state index is 0.00665. The smallest absolute Gasteiger partial charge is 0.254 e. The number of hydrogen-bond acceptors (Lipinski definition) is 5. The van der Waals surface area contributed by atoms with E-state index in [0.717, 1.165) is 54.7 Å². The molecule has 1 amide bonds. The molecule has 3 aromatic carbocycles. The summed E-state index contributed by atoms with van der Waals surface area (Å²) in [5, 5.41) is 17.4. The highest BCUT2D eigenvalue weighted by Crippen LogP contribution is 2.46. The Balaban J connectivity index is 1.24. The number of amides is 1. The number of H-pyrrole nitrogens is 1. The number of hydrogen-bond donors (Lipinski definition) is 2. The summed E-state index contributed by atoms with van der Waals surface area (Å²) in [7, 11) is 0. The van der Waals surface area contributed by atoms with Crippen LogP contribution in [0.15, 0.2) is 72.8 Å². The fraction of sp³-hybridized carbons (Fsp3) is 0.231. The average Bonchev–Trinajstić information content (AvgIpc) is 3.24. The molecule has 0 spiro atoms. The van der Waals surface area contributed by atoms with Gasteiger partial charge in [-0.05, 0) is 52.4 Å². The molecular formula is C26H24N6O. The summed E-state index contributed by atoms with van der Waals surface area (Å²) in [6.07, 6.45) is 2.84. The van der Waals surface area contributed by atoms with Crippen LogP contribution in [0.1, 0.15) is 39.9 Å². The summed E-state index contributed by atoms with van der Waals surface area (Å²) in [5.41, 5.74) is 6.05. The van der Waals surface area contributed by atoms with Crippen molar-refractivity contribution in [3.63, 3.8) is 0 Å². The number of tetrazole rings is 1. The van der Waals surface area contributed by atoms with Gasteiger partial charge in [0.15, 0.2) is 5.82 Å². The fourth-order valence-electron chi connectivity index (χ4n) is 4.80. The third-order valence-electron chi connectivity index (χ3n) is 6.71. The Hall–Kier alpha value is -4.00. The molecule has 0 radical (unpaired) electrons. The summed E-state index contributed by atoms with van der Waals surface area (Å²) >= 11 is 0. The van der Waals surface area contributed by atoms with Crippen molar-refractivity contribution < 1.29 is 4.79 Å². The summed E-state index contributed by atoms with van der Waals surface area (Å²) in [4.78, 5) is 15.8. The first kappa shape index (κ1) is 19.7. The third kappa shape index (κ3) is 3.65. The number of nitrogens with zero attached hydrogens (tertiary/aromatic N) is 4. The van der Waals surface area contributed by atoms with Crippen molar-refractivity contribution in [3.05, 3.63) is 95.1 Å². The quantitative estimate of drug-likeness (QED) is 0.479. The molecule has 1 saturated carbocycles. The molecule has 33 heavy (non-hydrogen) atoms. The molecule has 7 nitrogen and oxygen atoms in total. The van der Waals surface area contributed by atoms with Gasteiger partial charge >= 0.3 is 0 Å². The van der Waals surface area contributed by atoms with Crippen LogP contribution in [0.5, 0.6) is 0 Å². The predicted molar refractivity (Wildman–Crippen MR) is 126 cm³/mol. The molecule has 6 rings (SSSR count). The molecule has 2 N–H and O–H groups in total. The van der Waals surface area contributed by atoms with Crippen molar-refractivity contribution >= 4 is 11.6 Å². The van der Waals surface area contributed by atoms with Gasteiger partial charge in [-0.15, -0.1) is 5.10 Å². The van der Waals surface area contributed by atoms with Crippen LogP contribution in [-0.4, -0.2) is 33.1 Å². The van der Waals surface area contributed by atoms with E-state index >= 15 is 0 Å². The maximum Gasteiger partial charge on any atom is 0.254 e. The Labute approximate surface area is 191 Å². The van der Waals surface area contributed by atoms with Crippen LogP contribution in [0.3, 0.4) is 0 Å². The van der Waals surface area contributed by atoms with Gasteiger partial charge < -0.3 is 10.2 Å². The van der Waals surface area contributed by atoms with E-state index in [1.54, 1.807) is 0 Å². The van der Waals surface area contributed by atoms with Crippen LogP contribution in [0.4, 0.5) is 5.69 Å². The minimum atomic E-state index is -0.305. The zero-order valence-corrected chi connectivity index (χ0v) is 18.2. The molecule has 2 heterocycles. The van der Waals surface area contributed by atoms with Gasteiger partial charge in [-0.2, -0.15) is 0 Å². The van der Waals surface area contributed by atoms with Crippen LogP contribution in [-0.2, 0) is 18.5 Å². The van der Waals surface area contributed by atoms with Crippen LogP contribution in [0.25, 0.3) is 11.4 Å². The van der Waals surface area contributed by atoms with Gasteiger partial charge in [0.05, 0.1) is 16.8 Å². The summed E-state index contributed by atoms with van der Waals surface area (Å²) in [6, 6.07) is 24.6. The number of rotatable bonds is 6. The Morgan fingerprint density at radius 1 is 1.00 bits per heavy atom. The Morgan fingerprint density at radius 3 is 2.55 bits per heavy atom. The number of fused-ring (bicyclic) bond motifs is 1. The summed E-state index contributed by atoms with van der Waals surface area (Å²) in [5.74, 6) is 0.626. The second-order valence-corrected chi connectivity index (χ2v) is 8.83. The Morgan fingerprint density at radius 2 is 1.82 bits per heavy atom. The van der Waals surface area contributed by atoms with Gasteiger partial charge in [0.25, 0.3) is 5.91 Å². The number of anilines is 1. The average molecular weight is 437 g/mol. The molecule has 0 saturated heterocycles. The second kappa shape index (κ2) is 7.85. The molecule has 1 aliphatic heterocycles. The molecule has 4 aromatic rings. The molecule has 1 fully saturated rings. The van der Waals surface area contributed by atoms with Crippen molar-refractivity contribution in [1.29, 1.82) is 0 Å². The van der Waals surface area contributed by atoms with Crippen LogP contribution < -0.4 is 10.2 Å². The first-order valence-corrected chi connectivity index (χ1v) is 11.3. The maximum absolute atomic E-state index is 13.5. The molecular weight excluding hydrogens is 412 g/mol. The van der Waals surface area contributed by atoms with Crippen molar-refractivity contribution in [2.24, 2.45) is 0 Å². The fourth-order valence-corrected chi connectivity index (χ4v) is 4.80. The maximum atomic E-state index is 13.5. The van der Waals surface area contributed by atoms with Gasteiger partial charge in [0.1, 0.15) is 0 Å². The lowest BCUT2D eigenvalue weighted by molar-refractivity contribution is 0.0931. The first-order valence-electron chi connectivity index (χ1n) is 11.3.